The van der Waals surface area contributed by atoms with Gasteiger partial charge in [-0.1, -0.05) is 13.2 Å². The first kappa shape index (κ1) is 15.3. The molecule has 2 amide bonds. The van der Waals surface area contributed by atoms with E-state index in [2.05, 4.69) is 17.9 Å². The number of rotatable bonds is 6. The first-order valence-corrected chi connectivity index (χ1v) is 4.68. The van der Waals surface area contributed by atoms with Crippen molar-refractivity contribution in [3.05, 3.63) is 24.3 Å². The molecule has 17 heavy (non-hydrogen) atoms. The summed E-state index contributed by atoms with van der Waals surface area (Å²) in [7, 11) is 0. The first-order valence-electron chi connectivity index (χ1n) is 4.68. The molecule has 2 unspecified atom stereocenters. The Bertz CT molecular complexity index is 308. The summed E-state index contributed by atoms with van der Waals surface area (Å²) in [6.45, 7) is 9.54. The molecule has 0 heterocycles. The molecule has 0 fully saturated rings. The van der Waals surface area contributed by atoms with Gasteiger partial charge in [-0.15, -0.1) is 0 Å². The summed E-state index contributed by atoms with van der Waals surface area (Å²) < 4.78 is 4.46. The van der Waals surface area contributed by atoms with Crippen molar-refractivity contribution in [2.24, 2.45) is 0 Å². The Morgan fingerprint density at radius 2 is 1.29 bits per heavy atom. The van der Waals surface area contributed by atoms with E-state index in [1.54, 1.807) is 0 Å². The van der Waals surface area contributed by atoms with Gasteiger partial charge in [-0.25, -0.2) is 0 Å². The van der Waals surface area contributed by atoms with E-state index in [0.717, 1.165) is 0 Å². The molecule has 0 rings (SSSR count). The number of nitrogens with one attached hydrogen (secondary N) is 2. The van der Waals surface area contributed by atoms with Crippen LogP contribution in [0.4, 0.5) is 0 Å². The van der Waals surface area contributed by atoms with Crippen LogP contribution in [0.5, 0.6) is 0 Å². The Labute approximate surface area is 98.8 Å². The Kier molecular flexibility index (Phi) is 6.11. The van der Waals surface area contributed by atoms with E-state index < -0.39 is 24.6 Å². The molecule has 0 saturated carbocycles. The van der Waals surface area contributed by atoms with E-state index in [1.165, 1.54) is 13.8 Å². The van der Waals surface area contributed by atoms with Crippen LogP contribution in [0.2, 0.25) is 0 Å². The second-order valence-electron chi connectivity index (χ2n) is 3.35. The summed E-state index contributed by atoms with van der Waals surface area (Å²) >= 11 is 0. The van der Waals surface area contributed by atoms with Gasteiger partial charge in [0.05, 0.1) is 0 Å². The van der Waals surface area contributed by atoms with Crippen LogP contribution in [-0.4, -0.2) is 34.9 Å². The van der Waals surface area contributed by atoms with Crippen molar-refractivity contribution in [3.63, 3.8) is 0 Å². The average molecular weight is 244 g/mol. The average Bonchev–Trinajstić information content (AvgIpc) is 2.16. The quantitative estimate of drug-likeness (QED) is 0.352. The predicted molar refractivity (Wildman–Crippen MR) is 59.0 cm³/mol. The van der Waals surface area contributed by atoms with Gasteiger partial charge in [-0.05, 0) is 13.8 Å². The van der Waals surface area contributed by atoms with E-state index in [4.69, 9.17) is 10.2 Å². The third-order valence-corrected chi connectivity index (χ3v) is 1.54. The van der Waals surface area contributed by atoms with E-state index in [1.807, 2.05) is 10.6 Å². The molecule has 7 nitrogen and oxygen atoms in total. The molecule has 0 aromatic rings. The molecule has 0 aromatic carbocycles. The zero-order chi connectivity index (χ0) is 13.6. The van der Waals surface area contributed by atoms with Crippen LogP contribution in [0.1, 0.15) is 13.8 Å². The molecule has 0 aliphatic rings. The van der Waals surface area contributed by atoms with Gasteiger partial charge in [-0.2, -0.15) is 0 Å². The van der Waals surface area contributed by atoms with Crippen molar-refractivity contribution in [1.29, 1.82) is 0 Å². The Balaban J connectivity index is 4.08. The third-order valence-electron chi connectivity index (χ3n) is 1.54. The molecule has 0 saturated heterocycles. The monoisotopic (exact) mass is 244 g/mol. The summed E-state index contributed by atoms with van der Waals surface area (Å²) in [5.41, 5.74) is 0.321. The van der Waals surface area contributed by atoms with Crippen LogP contribution in [0, 0.1) is 0 Å². The van der Waals surface area contributed by atoms with Crippen molar-refractivity contribution < 1.29 is 24.5 Å². The molecule has 7 heteroatoms. The van der Waals surface area contributed by atoms with E-state index in [9.17, 15) is 9.59 Å². The smallest absolute Gasteiger partial charge is 0.250 e. The number of amides is 2. The van der Waals surface area contributed by atoms with Crippen molar-refractivity contribution in [3.8, 4) is 0 Å². The number of aliphatic hydroxyl groups is 2. The fourth-order valence-electron chi connectivity index (χ4n) is 0.661. The highest BCUT2D eigenvalue weighted by molar-refractivity contribution is 5.92. The number of carbonyl (C=O) groups is 2. The van der Waals surface area contributed by atoms with Gasteiger partial charge in [0.2, 0.25) is 24.6 Å². The number of hydrogen-bond acceptors (Lipinski definition) is 5. The molecule has 0 bridgehead atoms. The standard InChI is InChI=1S/C10H16N2O5/c1-5(2)7(13)11-9(15)17-10(16)12-8(14)6(3)4/h9-10,15-16H,1,3H2,2,4H3,(H,11,13)(H,12,14). The van der Waals surface area contributed by atoms with E-state index in [-0.39, 0.29) is 11.1 Å². The molecule has 4 N–H and O–H groups in total. The van der Waals surface area contributed by atoms with Crippen LogP contribution < -0.4 is 10.6 Å². The molecule has 0 spiro atoms. The summed E-state index contributed by atoms with van der Waals surface area (Å²) in [5.74, 6) is -1.29. The number of ether oxygens (including phenoxy) is 1. The Morgan fingerprint density at radius 1 is 1.00 bits per heavy atom. The normalized spacial score (nSPS) is 13.4. The van der Waals surface area contributed by atoms with Gasteiger partial charge in [0, 0.05) is 11.1 Å². The fourth-order valence-corrected chi connectivity index (χ4v) is 0.661. The lowest BCUT2D eigenvalue weighted by Crippen LogP contribution is -2.45. The maximum absolute atomic E-state index is 11.0. The highest BCUT2D eigenvalue weighted by atomic mass is 16.7. The van der Waals surface area contributed by atoms with Crippen LogP contribution in [0.15, 0.2) is 24.3 Å². The molecule has 0 radical (unpaired) electrons. The predicted octanol–water partition coefficient (Wildman–Crippen LogP) is -1.06. The number of hydrogen-bond donors (Lipinski definition) is 4. The topological polar surface area (TPSA) is 108 Å². The zero-order valence-electron chi connectivity index (χ0n) is 9.69. The van der Waals surface area contributed by atoms with Crippen LogP contribution in [0.3, 0.4) is 0 Å². The van der Waals surface area contributed by atoms with Crippen LogP contribution in [-0.2, 0) is 14.3 Å². The third kappa shape index (κ3) is 6.46. The lowest BCUT2D eigenvalue weighted by molar-refractivity contribution is -0.228. The Morgan fingerprint density at radius 3 is 1.53 bits per heavy atom. The summed E-state index contributed by atoms with van der Waals surface area (Å²) in [4.78, 5) is 22.1. The molecule has 0 aliphatic heterocycles. The van der Waals surface area contributed by atoms with Gasteiger partial charge < -0.3 is 20.8 Å². The number of aliphatic hydroxyl groups excluding tert-OH is 2. The molecule has 2 atom stereocenters. The number of carbonyl (C=O) groups excluding carboxylic acids is 2. The maximum atomic E-state index is 11.0. The van der Waals surface area contributed by atoms with Gasteiger partial charge in [0.15, 0.2) is 0 Å². The van der Waals surface area contributed by atoms with E-state index in [0.29, 0.717) is 0 Å². The summed E-state index contributed by atoms with van der Waals surface area (Å²) in [5, 5.41) is 22.3. The van der Waals surface area contributed by atoms with E-state index >= 15 is 0 Å². The highest BCUT2D eigenvalue weighted by Gasteiger charge is 2.16. The Hall–Kier alpha value is -1.70. The molecule has 96 valence electrons. The van der Waals surface area contributed by atoms with Crippen LogP contribution >= 0.6 is 0 Å². The lowest BCUT2D eigenvalue weighted by atomic mass is 10.3. The molecular weight excluding hydrogens is 228 g/mol. The minimum Gasteiger partial charge on any atom is -0.351 e. The van der Waals surface area contributed by atoms with Gasteiger partial charge >= 0.3 is 0 Å². The summed E-state index contributed by atoms with van der Waals surface area (Å²) in [6, 6.07) is 0. The molecule has 0 aromatic heterocycles. The van der Waals surface area contributed by atoms with Crippen molar-refractivity contribution in [2.75, 3.05) is 0 Å². The lowest BCUT2D eigenvalue weighted by Gasteiger charge is -2.18. The van der Waals surface area contributed by atoms with Crippen molar-refractivity contribution >= 4 is 11.8 Å². The minimum absolute atomic E-state index is 0.160. The van der Waals surface area contributed by atoms with Gasteiger partial charge in [0.25, 0.3) is 0 Å². The SMILES string of the molecule is C=C(C)C(=O)NC(O)OC(O)NC(=O)C(=C)C. The van der Waals surface area contributed by atoms with Gasteiger partial charge in [0.1, 0.15) is 0 Å². The first-order chi connectivity index (χ1) is 7.73. The zero-order valence-corrected chi connectivity index (χ0v) is 9.69. The van der Waals surface area contributed by atoms with Crippen molar-refractivity contribution in [1.82, 2.24) is 10.6 Å². The van der Waals surface area contributed by atoms with Crippen LogP contribution in [0.25, 0.3) is 0 Å². The largest absolute Gasteiger partial charge is 0.351 e. The molecule has 0 aliphatic carbocycles. The second kappa shape index (κ2) is 6.79. The van der Waals surface area contributed by atoms with Gasteiger partial charge in [-0.3, -0.25) is 14.3 Å². The summed E-state index contributed by atoms with van der Waals surface area (Å²) in [6.07, 6.45) is -3.53. The fraction of sp³-hybridized carbons (Fsp3) is 0.400. The minimum atomic E-state index is -1.76. The second-order valence-corrected chi connectivity index (χ2v) is 3.35. The molecular formula is C10H16N2O5. The van der Waals surface area contributed by atoms with Crippen molar-refractivity contribution in [2.45, 2.75) is 26.7 Å². The maximum Gasteiger partial charge on any atom is 0.250 e. The highest BCUT2D eigenvalue weighted by Crippen LogP contribution is 1.93.